The molecule has 0 bridgehead atoms. The fourth-order valence-corrected chi connectivity index (χ4v) is 2.93. The van der Waals surface area contributed by atoms with Crippen molar-refractivity contribution in [2.24, 2.45) is 0 Å². The number of pyridine rings is 1. The van der Waals surface area contributed by atoms with Crippen LogP contribution in [0.1, 0.15) is 35.8 Å². The lowest BCUT2D eigenvalue weighted by Gasteiger charge is -2.10. The van der Waals surface area contributed by atoms with E-state index in [1.807, 2.05) is 43.5 Å². The van der Waals surface area contributed by atoms with Gasteiger partial charge in [0.15, 0.2) is 12.4 Å². The molecule has 22 heavy (non-hydrogen) atoms. The maximum atomic E-state index is 12.8. The van der Waals surface area contributed by atoms with Gasteiger partial charge in [0.2, 0.25) is 5.78 Å². The van der Waals surface area contributed by atoms with Gasteiger partial charge in [0.1, 0.15) is 0 Å². The van der Waals surface area contributed by atoms with Gasteiger partial charge in [-0.05, 0) is 18.2 Å². The number of rotatable bonds is 6. The van der Waals surface area contributed by atoms with Gasteiger partial charge in [0.25, 0.3) is 11.2 Å². The highest BCUT2D eigenvalue weighted by molar-refractivity contribution is 8.13. The molecule has 1 unspecified atom stereocenters. The van der Waals surface area contributed by atoms with E-state index in [1.165, 1.54) is 11.8 Å². The van der Waals surface area contributed by atoms with Crippen LogP contribution in [0.25, 0.3) is 0 Å². The van der Waals surface area contributed by atoms with Crippen LogP contribution in [0.2, 0.25) is 0 Å². The topological polar surface area (TPSA) is 38.0 Å². The van der Waals surface area contributed by atoms with Crippen LogP contribution < -0.4 is 4.57 Å². The van der Waals surface area contributed by atoms with Gasteiger partial charge < -0.3 is 0 Å². The minimum absolute atomic E-state index is 0.116. The second-order valence-electron chi connectivity index (χ2n) is 4.90. The smallest absolute Gasteiger partial charge is 0.286 e. The van der Waals surface area contributed by atoms with Crippen molar-refractivity contribution in [3.8, 4) is 0 Å². The average Bonchev–Trinajstić information content (AvgIpc) is 2.56. The fourth-order valence-electron chi connectivity index (χ4n) is 2.26. The Labute approximate surface area is 135 Å². The van der Waals surface area contributed by atoms with E-state index in [4.69, 9.17) is 0 Å². The van der Waals surface area contributed by atoms with Gasteiger partial charge >= 0.3 is 0 Å². The van der Waals surface area contributed by atoms with Gasteiger partial charge in [0, 0.05) is 17.2 Å². The molecule has 0 spiro atoms. The Morgan fingerprint density at radius 3 is 2.45 bits per heavy atom. The summed E-state index contributed by atoms with van der Waals surface area (Å²) in [4.78, 5) is 25.3. The molecule has 1 atom stereocenters. The zero-order valence-corrected chi connectivity index (χ0v) is 13.7. The molecule has 1 aromatic carbocycles. The number of benzene rings is 1. The van der Waals surface area contributed by atoms with Crippen LogP contribution in [0.3, 0.4) is 0 Å². The van der Waals surface area contributed by atoms with Crippen molar-refractivity contribution in [1.82, 2.24) is 0 Å². The maximum absolute atomic E-state index is 12.8. The second-order valence-corrected chi connectivity index (χ2v) is 6.17. The molecule has 0 N–H and O–H groups in total. The number of ketones is 1. The van der Waals surface area contributed by atoms with Crippen LogP contribution in [-0.2, 0) is 11.2 Å². The molecule has 1 heterocycles. The molecular formula is C18H20NO2S+. The van der Waals surface area contributed by atoms with Gasteiger partial charge in [-0.15, -0.1) is 0 Å². The quantitative estimate of drug-likeness (QED) is 0.467. The van der Waals surface area contributed by atoms with Gasteiger partial charge in [-0.2, -0.15) is 4.57 Å². The van der Waals surface area contributed by atoms with Crippen LogP contribution >= 0.6 is 11.8 Å². The molecule has 3 nitrogen and oxygen atoms in total. The summed E-state index contributed by atoms with van der Waals surface area (Å²) in [6.07, 6.45) is 4.54. The number of thioether (sulfide) groups is 1. The van der Waals surface area contributed by atoms with Gasteiger partial charge in [-0.1, -0.05) is 55.9 Å². The number of hydrogen-bond acceptors (Lipinski definition) is 3. The molecule has 0 fully saturated rings. The number of aromatic nitrogens is 1. The Morgan fingerprint density at radius 2 is 1.82 bits per heavy atom. The summed E-state index contributed by atoms with van der Waals surface area (Å²) < 4.78 is 1.74. The first-order valence-electron chi connectivity index (χ1n) is 7.43. The summed E-state index contributed by atoms with van der Waals surface area (Å²) in [6.45, 7) is 3.97. The number of nitrogens with zero attached hydrogens (tertiary/aromatic N) is 1. The Balaban J connectivity index is 2.42. The first kappa shape index (κ1) is 16.4. The van der Waals surface area contributed by atoms with Crippen LogP contribution in [0.4, 0.5) is 0 Å². The summed E-state index contributed by atoms with van der Waals surface area (Å²) in [5.74, 6) is 0.496. The van der Waals surface area contributed by atoms with Gasteiger partial charge in [0.05, 0.1) is 0 Å². The van der Waals surface area contributed by atoms with Crippen LogP contribution in [-0.4, -0.2) is 16.7 Å². The average molecular weight is 314 g/mol. The molecule has 0 saturated carbocycles. The minimum Gasteiger partial charge on any atom is -0.286 e. The van der Waals surface area contributed by atoms with Gasteiger partial charge in [-0.25, -0.2) is 0 Å². The first-order chi connectivity index (χ1) is 10.7. The second kappa shape index (κ2) is 7.90. The summed E-state index contributed by atoms with van der Waals surface area (Å²) in [7, 11) is 0. The van der Waals surface area contributed by atoms with E-state index in [0.717, 1.165) is 12.0 Å². The molecule has 2 rings (SSSR count). The largest absolute Gasteiger partial charge is 0.288 e. The van der Waals surface area contributed by atoms with Crippen molar-refractivity contribution in [2.75, 3.05) is 5.75 Å². The highest BCUT2D eigenvalue weighted by atomic mass is 32.2. The standard InChI is InChI=1S/C18H20NO2S/c1-3-14-9-8-12-19(13-14)16(18(21)22-4-2)17(20)15-10-6-5-7-11-15/h5-13,16H,3-4H2,1-2H3/q+1. The van der Waals surface area contributed by atoms with Crippen LogP contribution in [0, 0.1) is 0 Å². The molecule has 4 heteroatoms. The summed E-state index contributed by atoms with van der Waals surface area (Å²) >= 11 is 1.19. The number of hydrogen-bond donors (Lipinski definition) is 0. The predicted octanol–water partition coefficient (Wildman–Crippen LogP) is 3.24. The molecule has 0 amide bonds. The zero-order valence-electron chi connectivity index (χ0n) is 12.9. The van der Waals surface area contributed by atoms with Crippen LogP contribution in [0.15, 0.2) is 54.9 Å². The van der Waals surface area contributed by atoms with Crippen molar-refractivity contribution >= 4 is 22.7 Å². The molecule has 0 saturated heterocycles. The van der Waals surface area contributed by atoms with E-state index in [-0.39, 0.29) is 10.9 Å². The predicted molar refractivity (Wildman–Crippen MR) is 89.0 cm³/mol. The van der Waals surface area contributed by atoms with E-state index in [0.29, 0.717) is 11.3 Å². The van der Waals surface area contributed by atoms with Crippen molar-refractivity contribution in [2.45, 2.75) is 26.3 Å². The molecule has 0 aliphatic rings. The van der Waals surface area contributed by atoms with Crippen molar-refractivity contribution in [3.05, 3.63) is 66.0 Å². The third-order valence-electron chi connectivity index (χ3n) is 3.41. The lowest BCUT2D eigenvalue weighted by molar-refractivity contribution is -0.694. The maximum Gasteiger partial charge on any atom is 0.288 e. The fraction of sp³-hybridized carbons (Fsp3) is 0.278. The number of aryl methyl sites for hydroxylation is 1. The summed E-state index contributed by atoms with van der Waals surface area (Å²) in [6, 6.07) is 12.1. The molecule has 0 radical (unpaired) electrons. The SMILES string of the molecule is CCSC(=O)C(C(=O)c1ccccc1)[n+]1cccc(CC)c1. The third kappa shape index (κ3) is 3.83. The summed E-state index contributed by atoms with van der Waals surface area (Å²) in [5, 5.41) is -0.116. The molecule has 0 aliphatic carbocycles. The Bertz CT molecular complexity index is 655. The third-order valence-corrected chi connectivity index (χ3v) is 4.20. The van der Waals surface area contributed by atoms with Crippen molar-refractivity contribution < 1.29 is 14.2 Å². The van der Waals surface area contributed by atoms with Gasteiger partial charge in [-0.3, -0.25) is 9.59 Å². The van der Waals surface area contributed by atoms with E-state index in [1.54, 1.807) is 22.9 Å². The lowest BCUT2D eigenvalue weighted by atomic mass is 10.0. The number of Topliss-reactive ketones (excluding diaryl/α,β-unsaturated/α-hetero) is 1. The van der Waals surface area contributed by atoms with E-state index >= 15 is 0 Å². The number of carbonyl (C=O) groups excluding carboxylic acids is 2. The molecule has 2 aromatic rings. The monoisotopic (exact) mass is 314 g/mol. The first-order valence-corrected chi connectivity index (χ1v) is 8.41. The summed E-state index contributed by atoms with van der Waals surface area (Å²) in [5.41, 5.74) is 1.66. The van der Waals surface area contributed by atoms with Crippen molar-refractivity contribution in [3.63, 3.8) is 0 Å². The highest BCUT2D eigenvalue weighted by Gasteiger charge is 2.36. The normalized spacial score (nSPS) is 11.9. The molecule has 1 aromatic heterocycles. The van der Waals surface area contributed by atoms with E-state index in [9.17, 15) is 9.59 Å². The number of carbonyl (C=O) groups is 2. The van der Waals surface area contributed by atoms with E-state index in [2.05, 4.69) is 6.92 Å². The lowest BCUT2D eigenvalue weighted by Crippen LogP contribution is -2.47. The minimum atomic E-state index is -0.807. The molecule has 0 aliphatic heterocycles. The Kier molecular flexibility index (Phi) is 5.90. The highest BCUT2D eigenvalue weighted by Crippen LogP contribution is 2.17. The van der Waals surface area contributed by atoms with Crippen molar-refractivity contribution in [1.29, 1.82) is 0 Å². The zero-order chi connectivity index (χ0) is 15.9. The van der Waals surface area contributed by atoms with Crippen LogP contribution in [0.5, 0.6) is 0 Å². The van der Waals surface area contributed by atoms with E-state index < -0.39 is 6.04 Å². The Hall–Kier alpha value is -1.94. The molecular weight excluding hydrogens is 294 g/mol. The molecule has 114 valence electrons. The Morgan fingerprint density at radius 1 is 1.09 bits per heavy atom.